The van der Waals surface area contributed by atoms with Crippen LogP contribution in [0.2, 0.25) is 0 Å². The Balaban J connectivity index is 1.94. The molecule has 0 aliphatic carbocycles. The normalized spacial score (nSPS) is 19.4. The number of fused-ring (bicyclic) bond motifs is 5. The molecule has 3 heterocycles. The molecule has 1 aromatic carbocycles. The maximum atomic E-state index is 12.5. The lowest BCUT2D eigenvalue weighted by Gasteiger charge is -2.30. The number of carbonyl (C=O) groups is 2. The predicted octanol–water partition coefficient (Wildman–Crippen LogP) is 1.31. The zero-order chi connectivity index (χ0) is 13.9. The largest absolute Gasteiger partial charge is 0.326 e. The number of aryl methyl sites for hydroxylation is 1. The molecule has 0 fully saturated rings. The third-order valence-corrected chi connectivity index (χ3v) is 3.82. The summed E-state index contributed by atoms with van der Waals surface area (Å²) in [5, 5.41) is 7.07. The molecule has 0 saturated heterocycles. The van der Waals surface area contributed by atoms with Crippen LogP contribution in [0.1, 0.15) is 39.5 Å². The van der Waals surface area contributed by atoms with Crippen LogP contribution in [0.5, 0.6) is 0 Å². The molecule has 20 heavy (non-hydrogen) atoms. The van der Waals surface area contributed by atoms with Crippen molar-refractivity contribution in [3.63, 3.8) is 0 Å². The van der Waals surface area contributed by atoms with E-state index in [2.05, 4.69) is 10.4 Å². The van der Waals surface area contributed by atoms with Gasteiger partial charge in [0.05, 0.1) is 11.9 Å². The van der Waals surface area contributed by atoms with E-state index in [1.165, 1.54) is 0 Å². The van der Waals surface area contributed by atoms with Crippen LogP contribution in [0, 0.1) is 0 Å². The van der Waals surface area contributed by atoms with Crippen LogP contribution in [0.15, 0.2) is 30.5 Å². The molecule has 1 N–H and O–H groups in total. The number of amides is 2. The van der Waals surface area contributed by atoms with Crippen molar-refractivity contribution in [2.24, 2.45) is 0 Å². The lowest BCUT2D eigenvalue weighted by atomic mass is 10.1. The summed E-state index contributed by atoms with van der Waals surface area (Å²) in [6.45, 7) is 2.50. The number of benzene rings is 1. The Hall–Kier alpha value is -2.63. The maximum absolute atomic E-state index is 12.5. The molecule has 2 amide bonds. The van der Waals surface area contributed by atoms with Crippen LogP contribution in [0.3, 0.4) is 0 Å². The zero-order valence-corrected chi connectivity index (χ0v) is 10.8. The van der Waals surface area contributed by atoms with Crippen molar-refractivity contribution in [3.05, 3.63) is 47.3 Å². The van der Waals surface area contributed by atoms with Gasteiger partial charge in [0, 0.05) is 17.7 Å². The summed E-state index contributed by atoms with van der Waals surface area (Å²) in [4.78, 5) is 26.4. The minimum Gasteiger partial charge on any atom is -0.326 e. The molecule has 1 aromatic heterocycles. The van der Waals surface area contributed by atoms with E-state index in [-0.39, 0.29) is 11.8 Å². The monoisotopic (exact) mass is 268 g/mol. The molecule has 4 rings (SSSR count). The number of nitrogens with one attached hydrogen (secondary N) is 1. The number of nitrogens with zero attached hydrogens (tertiary/aromatic N) is 3. The van der Waals surface area contributed by atoms with Gasteiger partial charge in [0.2, 0.25) is 0 Å². The number of carbonyl (C=O) groups excluding carboxylic acids is 2. The van der Waals surface area contributed by atoms with Crippen molar-refractivity contribution in [2.45, 2.75) is 19.6 Å². The number of hydrogen-bond donors (Lipinski definition) is 1. The predicted molar refractivity (Wildman–Crippen MR) is 71.4 cm³/mol. The molecule has 0 radical (unpaired) electrons. The Kier molecular flexibility index (Phi) is 2.07. The minimum atomic E-state index is -0.423. The van der Waals surface area contributed by atoms with Crippen LogP contribution >= 0.6 is 0 Å². The molecule has 0 spiro atoms. The van der Waals surface area contributed by atoms with E-state index in [0.29, 0.717) is 23.5 Å². The van der Waals surface area contributed by atoms with Crippen molar-refractivity contribution >= 4 is 17.5 Å². The fourth-order valence-electron chi connectivity index (χ4n) is 2.92. The summed E-state index contributed by atoms with van der Waals surface area (Å²) >= 11 is 0. The first kappa shape index (κ1) is 11.2. The Bertz CT molecular complexity index is 749. The molecule has 6 heteroatoms. The van der Waals surface area contributed by atoms with Crippen LogP contribution in [-0.2, 0) is 6.54 Å². The average Bonchev–Trinajstić information content (AvgIpc) is 3.01. The summed E-state index contributed by atoms with van der Waals surface area (Å²) in [6, 6.07) is 7.35. The minimum absolute atomic E-state index is 0.0949. The Morgan fingerprint density at radius 1 is 1.30 bits per heavy atom. The summed E-state index contributed by atoms with van der Waals surface area (Å²) in [5.74, 6) is -0.285. The first-order chi connectivity index (χ1) is 9.72. The van der Waals surface area contributed by atoms with Gasteiger partial charge in [0.15, 0.2) is 0 Å². The van der Waals surface area contributed by atoms with E-state index in [1.807, 2.05) is 25.1 Å². The molecule has 2 aliphatic heterocycles. The fourth-order valence-corrected chi connectivity index (χ4v) is 2.92. The summed E-state index contributed by atoms with van der Waals surface area (Å²) < 4.78 is 1.61. The third kappa shape index (κ3) is 1.20. The van der Waals surface area contributed by atoms with Crippen LogP contribution in [-0.4, -0.2) is 21.6 Å². The van der Waals surface area contributed by atoms with Gasteiger partial charge in [-0.1, -0.05) is 18.2 Å². The third-order valence-electron chi connectivity index (χ3n) is 3.82. The van der Waals surface area contributed by atoms with E-state index in [9.17, 15) is 9.59 Å². The van der Waals surface area contributed by atoms with E-state index < -0.39 is 6.17 Å². The average molecular weight is 268 g/mol. The maximum Gasteiger partial charge on any atom is 0.273 e. The topological polar surface area (TPSA) is 67.2 Å². The van der Waals surface area contributed by atoms with E-state index >= 15 is 0 Å². The van der Waals surface area contributed by atoms with E-state index in [4.69, 9.17) is 0 Å². The summed E-state index contributed by atoms with van der Waals surface area (Å²) in [7, 11) is 0. The molecule has 1 atom stereocenters. The van der Waals surface area contributed by atoms with Gasteiger partial charge in [0.1, 0.15) is 11.9 Å². The van der Waals surface area contributed by atoms with Gasteiger partial charge < -0.3 is 5.32 Å². The highest BCUT2D eigenvalue weighted by atomic mass is 16.2. The van der Waals surface area contributed by atoms with Crippen molar-refractivity contribution in [1.29, 1.82) is 0 Å². The number of rotatable bonds is 1. The molecule has 6 nitrogen and oxygen atoms in total. The van der Waals surface area contributed by atoms with Gasteiger partial charge in [0.25, 0.3) is 11.8 Å². The van der Waals surface area contributed by atoms with Crippen molar-refractivity contribution < 1.29 is 9.59 Å². The SMILES string of the molecule is CCn1ncc2c1C(=O)N[C@@H]1c3ccccc3C(=O)N21. The van der Waals surface area contributed by atoms with Crippen LogP contribution < -0.4 is 10.2 Å². The first-order valence-corrected chi connectivity index (χ1v) is 6.51. The molecule has 0 saturated carbocycles. The van der Waals surface area contributed by atoms with Crippen molar-refractivity contribution in [2.75, 3.05) is 4.90 Å². The number of aromatic nitrogens is 2. The van der Waals surface area contributed by atoms with E-state index in [0.717, 1.165) is 5.56 Å². The fraction of sp³-hybridized carbons (Fsp3) is 0.214. The number of hydrogen-bond acceptors (Lipinski definition) is 3. The lowest BCUT2D eigenvalue weighted by Crippen LogP contribution is -2.45. The van der Waals surface area contributed by atoms with Gasteiger partial charge >= 0.3 is 0 Å². The Morgan fingerprint density at radius 3 is 2.90 bits per heavy atom. The van der Waals surface area contributed by atoms with Crippen LogP contribution in [0.25, 0.3) is 0 Å². The zero-order valence-electron chi connectivity index (χ0n) is 10.8. The highest BCUT2D eigenvalue weighted by molar-refractivity contribution is 6.16. The molecule has 0 bridgehead atoms. The van der Waals surface area contributed by atoms with Gasteiger partial charge in [-0.3, -0.25) is 19.2 Å². The van der Waals surface area contributed by atoms with E-state index in [1.54, 1.807) is 21.8 Å². The Labute approximate surface area is 115 Å². The second-order valence-electron chi connectivity index (χ2n) is 4.83. The summed E-state index contributed by atoms with van der Waals surface area (Å²) in [6.07, 6.45) is 1.17. The van der Waals surface area contributed by atoms with Gasteiger partial charge in [-0.2, -0.15) is 5.10 Å². The molecule has 2 aromatic rings. The molecular formula is C14H12N4O2. The molecular weight excluding hydrogens is 256 g/mol. The Morgan fingerprint density at radius 2 is 2.10 bits per heavy atom. The standard InChI is InChI=1S/C14H12N4O2/c1-2-17-11-10(7-15-17)18-12(16-13(11)19)8-5-3-4-6-9(8)14(18)20/h3-7,12H,2H2,1H3,(H,16,19)/t12-/m0/s1. The second-order valence-corrected chi connectivity index (χ2v) is 4.83. The highest BCUT2D eigenvalue weighted by Gasteiger charge is 2.44. The summed E-state index contributed by atoms with van der Waals surface area (Å²) in [5.41, 5.74) is 2.50. The first-order valence-electron chi connectivity index (χ1n) is 6.51. The molecule has 100 valence electrons. The van der Waals surface area contributed by atoms with Crippen molar-refractivity contribution in [3.8, 4) is 0 Å². The second kappa shape index (κ2) is 3.69. The van der Waals surface area contributed by atoms with Gasteiger partial charge in [-0.15, -0.1) is 0 Å². The van der Waals surface area contributed by atoms with Crippen molar-refractivity contribution in [1.82, 2.24) is 15.1 Å². The lowest BCUT2D eigenvalue weighted by molar-refractivity contribution is 0.0902. The number of anilines is 1. The van der Waals surface area contributed by atoms with Gasteiger partial charge in [-0.05, 0) is 13.0 Å². The molecule has 2 aliphatic rings. The quantitative estimate of drug-likeness (QED) is 0.847. The van der Waals surface area contributed by atoms with Gasteiger partial charge in [-0.25, -0.2) is 0 Å². The highest BCUT2D eigenvalue weighted by Crippen LogP contribution is 2.40. The molecule has 0 unspecified atom stereocenters. The smallest absolute Gasteiger partial charge is 0.273 e. The van der Waals surface area contributed by atoms with Crippen LogP contribution in [0.4, 0.5) is 5.69 Å².